The van der Waals surface area contributed by atoms with Crippen LogP contribution in [0.4, 0.5) is 0 Å². The molecular formula is C9H9NO6. The first kappa shape index (κ1) is 11.8. The number of carbonyl (C=O) groups is 2. The van der Waals surface area contributed by atoms with Crippen LogP contribution in [0.3, 0.4) is 0 Å². The van der Waals surface area contributed by atoms with E-state index in [2.05, 4.69) is 4.84 Å². The van der Waals surface area contributed by atoms with E-state index in [0.717, 1.165) is 12.1 Å². The molecule has 1 amide bonds. The Kier molecular flexibility index (Phi) is 3.67. The summed E-state index contributed by atoms with van der Waals surface area (Å²) < 4.78 is 0. The molecule has 86 valence electrons. The molecule has 0 aliphatic heterocycles. The van der Waals surface area contributed by atoms with Crippen LogP contribution in [0.2, 0.25) is 0 Å². The van der Waals surface area contributed by atoms with Gasteiger partial charge in [-0.3, -0.25) is 9.63 Å². The molecule has 7 nitrogen and oxygen atoms in total. The fourth-order valence-corrected chi connectivity index (χ4v) is 0.887. The summed E-state index contributed by atoms with van der Waals surface area (Å²) in [5.41, 5.74) is 1.89. The van der Waals surface area contributed by atoms with Crippen LogP contribution in [0.25, 0.3) is 0 Å². The summed E-state index contributed by atoms with van der Waals surface area (Å²) in [5, 5.41) is 26.3. The Bertz CT molecular complexity index is 416. The van der Waals surface area contributed by atoms with Crippen molar-refractivity contribution >= 4 is 11.9 Å². The highest BCUT2D eigenvalue weighted by atomic mass is 16.7. The zero-order chi connectivity index (χ0) is 12.1. The SMILES string of the molecule is O=C(O)CONC(=O)c1ccc(O)c(O)c1. The molecule has 16 heavy (non-hydrogen) atoms. The number of phenolic OH excluding ortho intramolecular Hbond substituents is 2. The first-order valence-electron chi connectivity index (χ1n) is 4.16. The maximum atomic E-state index is 11.3. The summed E-state index contributed by atoms with van der Waals surface area (Å²) in [6, 6.07) is 3.39. The second kappa shape index (κ2) is 4.99. The van der Waals surface area contributed by atoms with Gasteiger partial charge in [0.25, 0.3) is 5.91 Å². The Morgan fingerprint density at radius 3 is 2.50 bits per heavy atom. The number of amides is 1. The molecule has 0 unspecified atom stereocenters. The largest absolute Gasteiger partial charge is 0.504 e. The predicted octanol–water partition coefficient (Wildman–Crippen LogP) is -0.156. The molecule has 7 heteroatoms. The molecule has 0 bridgehead atoms. The highest BCUT2D eigenvalue weighted by Crippen LogP contribution is 2.24. The van der Waals surface area contributed by atoms with Crippen molar-refractivity contribution in [3.05, 3.63) is 23.8 Å². The lowest BCUT2D eigenvalue weighted by Gasteiger charge is -2.04. The van der Waals surface area contributed by atoms with Crippen molar-refractivity contribution < 1.29 is 29.7 Å². The van der Waals surface area contributed by atoms with Gasteiger partial charge in [0.05, 0.1) is 0 Å². The molecule has 0 aliphatic carbocycles. The Balaban J connectivity index is 2.59. The minimum Gasteiger partial charge on any atom is -0.504 e. The number of aromatic hydroxyl groups is 2. The van der Waals surface area contributed by atoms with E-state index >= 15 is 0 Å². The van der Waals surface area contributed by atoms with Crippen molar-refractivity contribution in [3.8, 4) is 11.5 Å². The normalized spacial score (nSPS) is 9.75. The number of benzene rings is 1. The van der Waals surface area contributed by atoms with Gasteiger partial charge < -0.3 is 15.3 Å². The molecule has 1 aromatic carbocycles. The fourth-order valence-electron chi connectivity index (χ4n) is 0.887. The van der Waals surface area contributed by atoms with Gasteiger partial charge in [-0.15, -0.1) is 0 Å². The van der Waals surface area contributed by atoms with E-state index in [1.54, 1.807) is 0 Å². The van der Waals surface area contributed by atoms with E-state index < -0.39 is 24.2 Å². The number of hydroxylamine groups is 1. The molecule has 1 rings (SSSR count). The smallest absolute Gasteiger partial charge is 0.332 e. The van der Waals surface area contributed by atoms with Crippen LogP contribution in [0.15, 0.2) is 18.2 Å². The van der Waals surface area contributed by atoms with Crippen LogP contribution < -0.4 is 5.48 Å². The van der Waals surface area contributed by atoms with Crippen molar-refractivity contribution in [2.45, 2.75) is 0 Å². The number of aliphatic carboxylic acids is 1. The number of carboxylic acid groups (broad SMARTS) is 1. The highest BCUT2D eigenvalue weighted by molar-refractivity contribution is 5.94. The third kappa shape index (κ3) is 3.14. The Hall–Kier alpha value is -2.28. The van der Waals surface area contributed by atoms with Crippen molar-refractivity contribution in [2.24, 2.45) is 0 Å². The zero-order valence-corrected chi connectivity index (χ0v) is 8.01. The molecule has 0 aromatic heterocycles. The molecular weight excluding hydrogens is 218 g/mol. The topological polar surface area (TPSA) is 116 Å². The second-order valence-corrected chi connectivity index (χ2v) is 2.82. The standard InChI is InChI=1S/C9H9NO6/c11-6-2-1-5(3-7(6)12)9(15)10-16-4-8(13)14/h1-3,11-12H,4H2,(H,10,15)(H,13,14). The average molecular weight is 227 g/mol. The molecule has 0 fully saturated rings. The summed E-state index contributed by atoms with van der Waals surface area (Å²) in [4.78, 5) is 25.7. The first-order chi connectivity index (χ1) is 7.50. The lowest BCUT2D eigenvalue weighted by atomic mass is 10.2. The van der Waals surface area contributed by atoms with E-state index in [1.807, 2.05) is 5.48 Å². The van der Waals surface area contributed by atoms with Crippen LogP contribution in [-0.2, 0) is 9.63 Å². The number of carboxylic acids is 1. The minimum atomic E-state index is -1.23. The molecule has 4 N–H and O–H groups in total. The van der Waals surface area contributed by atoms with Crippen LogP contribution >= 0.6 is 0 Å². The number of carbonyl (C=O) groups excluding carboxylic acids is 1. The predicted molar refractivity (Wildman–Crippen MR) is 50.8 cm³/mol. The van der Waals surface area contributed by atoms with Gasteiger partial charge in [0.1, 0.15) is 0 Å². The Labute approximate surface area is 89.8 Å². The fraction of sp³-hybridized carbons (Fsp3) is 0.111. The van der Waals surface area contributed by atoms with Gasteiger partial charge in [-0.25, -0.2) is 10.3 Å². The van der Waals surface area contributed by atoms with Gasteiger partial charge in [-0.05, 0) is 18.2 Å². The van der Waals surface area contributed by atoms with Crippen molar-refractivity contribution in [1.82, 2.24) is 5.48 Å². The third-order valence-electron chi connectivity index (χ3n) is 1.60. The monoisotopic (exact) mass is 227 g/mol. The summed E-state index contributed by atoms with van der Waals surface area (Å²) in [6.07, 6.45) is 0. The van der Waals surface area contributed by atoms with Gasteiger partial charge in [0.2, 0.25) is 0 Å². The summed E-state index contributed by atoms with van der Waals surface area (Å²) in [7, 11) is 0. The summed E-state index contributed by atoms with van der Waals surface area (Å²) in [6.45, 7) is -0.671. The van der Waals surface area contributed by atoms with Crippen molar-refractivity contribution in [2.75, 3.05) is 6.61 Å². The molecule has 0 spiro atoms. The van der Waals surface area contributed by atoms with Gasteiger partial charge in [0, 0.05) is 5.56 Å². The van der Waals surface area contributed by atoms with Gasteiger partial charge >= 0.3 is 5.97 Å². The van der Waals surface area contributed by atoms with E-state index in [4.69, 9.17) is 15.3 Å². The Morgan fingerprint density at radius 2 is 1.94 bits per heavy atom. The minimum absolute atomic E-state index is 0.0284. The molecule has 1 aromatic rings. The van der Waals surface area contributed by atoms with E-state index in [1.165, 1.54) is 6.07 Å². The van der Waals surface area contributed by atoms with E-state index in [-0.39, 0.29) is 11.3 Å². The van der Waals surface area contributed by atoms with Gasteiger partial charge in [-0.2, -0.15) is 0 Å². The average Bonchev–Trinajstić information content (AvgIpc) is 2.21. The lowest BCUT2D eigenvalue weighted by Crippen LogP contribution is -2.26. The van der Waals surface area contributed by atoms with E-state index in [0.29, 0.717) is 0 Å². The van der Waals surface area contributed by atoms with E-state index in [9.17, 15) is 9.59 Å². The number of phenols is 2. The number of hydrogen-bond donors (Lipinski definition) is 4. The van der Waals surface area contributed by atoms with Crippen LogP contribution in [-0.4, -0.2) is 33.8 Å². The number of rotatable bonds is 4. The quantitative estimate of drug-likeness (QED) is 0.419. The summed E-state index contributed by atoms with van der Waals surface area (Å²) in [5.74, 6) is -2.76. The third-order valence-corrected chi connectivity index (χ3v) is 1.60. The van der Waals surface area contributed by atoms with Gasteiger partial charge in [0.15, 0.2) is 18.1 Å². The van der Waals surface area contributed by atoms with Gasteiger partial charge in [-0.1, -0.05) is 0 Å². The summed E-state index contributed by atoms with van der Waals surface area (Å²) >= 11 is 0. The van der Waals surface area contributed by atoms with Crippen LogP contribution in [0.1, 0.15) is 10.4 Å². The lowest BCUT2D eigenvalue weighted by molar-refractivity contribution is -0.144. The second-order valence-electron chi connectivity index (χ2n) is 2.82. The molecule has 0 saturated carbocycles. The molecule has 0 aliphatic rings. The highest BCUT2D eigenvalue weighted by Gasteiger charge is 2.09. The molecule has 0 radical (unpaired) electrons. The Morgan fingerprint density at radius 1 is 1.25 bits per heavy atom. The number of nitrogens with one attached hydrogen (secondary N) is 1. The van der Waals surface area contributed by atoms with Crippen LogP contribution in [0.5, 0.6) is 11.5 Å². The van der Waals surface area contributed by atoms with Crippen molar-refractivity contribution in [1.29, 1.82) is 0 Å². The maximum Gasteiger partial charge on any atom is 0.332 e. The first-order valence-corrected chi connectivity index (χ1v) is 4.16. The van der Waals surface area contributed by atoms with Crippen LogP contribution in [0, 0.1) is 0 Å². The molecule has 0 saturated heterocycles. The van der Waals surface area contributed by atoms with Crippen molar-refractivity contribution in [3.63, 3.8) is 0 Å². The number of hydrogen-bond acceptors (Lipinski definition) is 5. The molecule has 0 atom stereocenters. The molecule has 0 heterocycles. The zero-order valence-electron chi connectivity index (χ0n) is 8.01. The maximum absolute atomic E-state index is 11.3.